The number of rotatable bonds is 4. The Morgan fingerprint density at radius 1 is 1.43 bits per heavy atom. The second-order valence-corrected chi connectivity index (χ2v) is 5.87. The van der Waals surface area contributed by atoms with Gasteiger partial charge in [0.1, 0.15) is 5.82 Å². The monoisotopic (exact) mass is 321 g/mol. The normalized spacial score (nSPS) is 24.0. The van der Waals surface area contributed by atoms with Gasteiger partial charge in [0.25, 0.3) is 0 Å². The Kier molecular flexibility index (Phi) is 4.76. The molecule has 2 aliphatic rings. The first-order valence-electron chi connectivity index (χ1n) is 7.84. The fourth-order valence-electron chi connectivity index (χ4n) is 2.95. The molecule has 2 fully saturated rings. The summed E-state index contributed by atoms with van der Waals surface area (Å²) in [5.41, 5.74) is 0.513. The van der Waals surface area contributed by atoms with Gasteiger partial charge in [-0.1, -0.05) is 6.07 Å². The maximum atomic E-state index is 13.3. The van der Waals surface area contributed by atoms with Gasteiger partial charge in [-0.3, -0.25) is 4.79 Å². The molecule has 3 rings (SSSR count). The molecule has 2 atom stereocenters. The number of carbonyl (C=O) groups excluding carboxylic acids is 2. The van der Waals surface area contributed by atoms with Crippen LogP contribution in [0.1, 0.15) is 19.3 Å². The molecule has 0 aromatic heterocycles. The van der Waals surface area contributed by atoms with Crippen LogP contribution in [0.25, 0.3) is 0 Å². The summed E-state index contributed by atoms with van der Waals surface area (Å²) in [5.74, 6) is -0.513. The fraction of sp³-hybridized carbons (Fsp3) is 0.500. The molecule has 7 heteroatoms. The van der Waals surface area contributed by atoms with Crippen molar-refractivity contribution in [3.8, 4) is 0 Å². The molecule has 1 aromatic rings. The first kappa shape index (κ1) is 15.7. The van der Waals surface area contributed by atoms with Crippen LogP contribution in [0.15, 0.2) is 24.3 Å². The van der Waals surface area contributed by atoms with Crippen molar-refractivity contribution in [2.75, 3.05) is 24.6 Å². The summed E-state index contributed by atoms with van der Waals surface area (Å²) >= 11 is 0. The largest absolute Gasteiger partial charge is 0.376 e. The standard InChI is InChI=1S/C16H20FN3O3/c17-11-3-1-4-13(7-11)20-10-12(8-15(20)21)19-16(22)18-9-14-5-2-6-23-14/h1,3-4,7,12,14H,2,5-6,8-10H2,(H2,18,19,22)/t12-,14-/m1/s1. The average Bonchev–Trinajstić information content (AvgIpc) is 3.15. The predicted molar refractivity (Wildman–Crippen MR) is 82.7 cm³/mol. The Labute approximate surface area is 134 Å². The summed E-state index contributed by atoms with van der Waals surface area (Å²) in [6.07, 6.45) is 2.27. The van der Waals surface area contributed by atoms with E-state index in [-0.39, 0.29) is 36.3 Å². The molecule has 0 aliphatic carbocycles. The number of benzene rings is 1. The lowest BCUT2D eigenvalue weighted by Crippen LogP contribution is -2.45. The minimum atomic E-state index is -0.388. The third-order valence-corrected chi connectivity index (χ3v) is 4.09. The fourth-order valence-corrected chi connectivity index (χ4v) is 2.95. The van der Waals surface area contributed by atoms with Crippen LogP contribution in [0.5, 0.6) is 0 Å². The number of nitrogens with zero attached hydrogens (tertiary/aromatic N) is 1. The van der Waals surface area contributed by atoms with E-state index in [0.29, 0.717) is 18.8 Å². The van der Waals surface area contributed by atoms with Gasteiger partial charge in [-0.2, -0.15) is 0 Å². The Hall–Kier alpha value is -2.15. The van der Waals surface area contributed by atoms with Crippen molar-refractivity contribution >= 4 is 17.6 Å². The Morgan fingerprint density at radius 2 is 2.30 bits per heavy atom. The molecule has 1 aromatic carbocycles. The third-order valence-electron chi connectivity index (χ3n) is 4.09. The smallest absolute Gasteiger partial charge is 0.315 e. The molecule has 6 nitrogen and oxygen atoms in total. The van der Waals surface area contributed by atoms with Gasteiger partial charge in [0, 0.05) is 31.8 Å². The van der Waals surface area contributed by atoms with Gasteiger partial charge in [-0.25, -0.2) is 9.18 Å². The number of carbonyl (C=O) groups is 2. The number of hydrogen-bond acceptors (Lipinski definition) is 3. The number of hydrogen-bond donors (Lipinski definition) is 2. The van der Waals surface area contributed by atoms with Gasteiger partial charge in [0.05, 0.1) is 12.1 Å². The second kappa shape index (κ2) is 6.95. The van der Waals surface area contributed by atoms with Crippen molar-refractivity contribution in [1.82, 2.24) is 10.6 Å². The van der Waals surface area contributed by atoms with E-state index < -0.39 is 0 Å². The topological polar surface area (TPSA) is 70.7 Å². The van der Waals surface area contributed by atoms with Crippen molar-refractivity contribution in [1.29, 1.82) is 0 Å². The molecule has 0 spiro atoms. The van der Waals surface area contributed by atoms with E-state index in [1.165, 1.54) is 17.0 Å². The number of amides is 3. The number of anilines is 1. The Balaban J connectivity index is 1.50. The molecule has 2 aliphatic heterocycles. The number of ether oxygens (including phenoxy) is 1. The van der Waals surface area contributed by atoms with Crippen LogP contribution in [-0.2, 0) is 9.53 Å². The van der Waals surface area contributed by atoms with E-state index in [0.717, 1.165) is 19.4 Å². The SMILES string of the molecule is O=C(NC[C@H]1CCCO1)N[C@@H]1CC(=O)N(c2cccc(F)c2)C1. The molecule has 23 heavy (non-hydrogen) atoms. The molecule has 2 saturated heterocycles. The molecule has 2 heterocycles. The maximum absolute atomic E-state index is 13.3. The summed E-state index contributed by atoms with van der Waals surface area (Å²) in [6.45, 7) is 1.56. The summed E-state index contributed by atoms with van der Waals surface area (Å²) < 4.78 is 18.7. The average molecular weight is 321 g/mol. The highest BCUT2D eigenvalue weighted by Crippen LogP contribution is 2.22. The highest BCUT2D eigenvalue weighted by Gasteiger charge is 2.31. The van der Waals surface area contributed by atoms with Crippen molar-refractivity contribution in [3.05, 3.63) is 30.1 Å². The van der Waals surface area contributed by atoms with Gasteiger partial charge < -0.3 is 20.3 Å². The summed E-state index contributed by atoms with van der Waals surface area (Å²) in [4.78, 5) is 25.4. The third kappa shape index (κ3) is 3.98. The van der Waals surface area contributed by atoms with Gasteiger partial charge in [-0.05, 0) is 31.0 Å². The van der Waals surface area contributed by atoms with Crippen molar-refractivity contribution in [2.45, 2.75) is 31.4 Å². The van der Waals surface area contributed by atoms with Gasteiger partial charge in [0.2, 0.25) is 5.91 Å². The molecule has 0 bridgehead atoms. The number of nitrogens with one attached hydrogen (secondary N) is 2. The first-order valence-corrected chi connectivity index (χ1v) is 7.84. The Morgan fingerprint density at radius 3 is 3.04 bits per heavy atom. The van der Waals surface area contributed by atoms with Gasteiger partial charge in [-0.15, -0.1) is 0 Å². The minimum Gasteiger partial charge on any atom is -0.376 e. The molecule has 2 N–H and O–H groups in total. The van der Waals surface area contributed by atoms with Crippen LogP contribution in [0.4, 0.5) is 14.9 Å². The Bertz CT molecular complexity index is 590. The van der Waals surface area contributed by atoms with E-state index in [1.54, 1.807) is 12.1 Å². The zero-order valence-corrected chi connectivity index (χ0v) is 12.8. The summed E-state index contributed by atoms with van der Waals surface area (Å²) in [6, 6.07) is 5.30. The highest BCUT2D eigenvalue weighted by atomic mass is 19.1. The van der Waals surface area contributed by atoms with Crippen molar-refractivity contribution < 1.29 is 18.7 Å². The van der Waals surface area contributed by atoms with E-state index in [1.807, 2.05) is 0 Å². The molecular formula is C16H20FN3O3. The molecule has 0 unspecified atom stereocenters. The van der Waals surface area contributed by atoms with Gasteiger partial charge >= 0.3 is 6.03 Å². The van der Waals surface area contributed by atoms with Crippen molar-refractivity contribution in [3.63, 3.8) is 0 Å². The van der Waals surface area contributed by atoms with Crippen LogP contribution >= 0.6 is 0 Å². The van der Waals surface area contributed by atoms with E-state index in [9.17, 15) is 14.0 Å². The van der Waals surface area contributed by atoms with Crippen molar-refractivity contribution in [2.24, 2.45) is 0 Å². The van der Waals surface area contributed by atoms with E-state index in [4.69, 9.17) is 4.74 Å². The molecule has 0 saturated carbocycles. The summed E-state index contributed by atoms with van der Waals surface area (Å²) in [5, 5.41) is 5.55. The number of urea groups is 1. The quantitative estimate of drug-likeness (QED) is 0.881. The zero-order valence-electron chi connectivity index (χ0n) is 12.8. The molecule has 3 amide bonds. The number of halogens is 1. The van der Waals surface area contributed by atoms with Gasteiger partial charge in [0.15, 0.2) is 0 Å². The second-order valence-electron chi connectivity index (χ2n) is 5.87. The van der Waals surface area contributed by atoms with Crippen LogP contribution in [0, 0.1) is 5.82 Å². The maximum Gasteiger partial charge on any atom is 0.315 e. The highest BCUT2D eigenvalue weighted by molar-refractivity contribution is 5.96. The van der Waals surface area contributed by atoms with E-state index >= 15 is 0 Å². The first-order chi connectivity index (χ1) is 11.1. The van der Waals surface area contributed by atoms with Crippen LogP contribution in [0.2, 0.25) is 0 Å². The summed E-state index contributed by atoms with van der Waals surface area (Å²) in [7, 11) is 0. The van der Waals surface area contributed by atoms with E-state index in [2.05, 4.69) is 10.6 Å². The lowest BCUT2D eigenvalue weighted by atomic mass is 10.2. The molecular weight excluding hydrogens is 301 g/mol. The lowest BCUT2D eigenvalue weighted by Gasteiger charge is -2.18. The zero-order chi connectivity index (χ0) is 16.2. The van der Waals surface area contributed by atoms with Crippen LogP contribution < -0.4 is 15.5 Å². The molecule has 124 valence electrons. The predicted octanol–water partition coefficient (Wildman–Crippen LogP) is 1.41. The van der Waals surface area contributed by atoms with Crippen LogP contribution in [0.3, 0.4) is 0 Å². The lowest BCUT2D eigenvalue weighted by molar-refractivity contribution is -0.117. The minimum absolute atomic E-state index is 0.0785. The molecule has 0 radical (unpaired) electrons. The van der Waals surface area contributed by atoms with Crippen LogP contribution in [-0.4, -0.2) is 43.8 Å².